The van der Waals surface area contributed by atoms with Crippen LogP contribution in [-0.4, -0.2) is 15.8 Å². The third kappa shape index (κ3) is 2.60. The van der Waals surface area contributed by atoms with Gasteiger partial charge in [0.15, 0.2) is 5.00 Å². The lowest BCUT2D eigenvalue weighted by molar-refractivity contribution is 0.0702. The second-order valence-corrected chi connectivity index (χ2v) is 6.90. The lowest BCUT2D eigenvalue weighted by Gasteiger charge is -2.34. The van der Waals surface area contributed by atoms with E-state index in [4.69, 9.17) is 23.2 Å². The molecule has 2 heterocycles. The summed E-state index contributed by atoms with van der Waals surface area (Å²) >= 11 is 13.2. The number of carbonyl (C=O) groups is 1. The maximum absolute atomic E-state index is 13.1. The summed E-state index contributed by atoms with van der Waals surface area (Å²) < 4.78 is 0. The van der Waals surface area contributed by atoms with E-state index in [1.807, 2.05) is 48.5 Å². The SMILES string of the molecule is O=C1c2ccccc2C(Cl)(c2ccc(Cl)cc2)N1Cc1ccncc1. The average molecular weight is 369 g/mol. The molecule has 1 aliphatic rings. The highest BCUT2D eigenvalue weighted by Crippen LogP contribution is 2.48. The van der Waals surface area contributed by atoms with E-state index in [0.717, 1.165) is 16.7 Å². The molecule has 0 bridgehead atoms. The molecule has 0 radical (unpaired) electrons. The molecular weight excluding hydrogens is 355 g/mol. The summed E-state index contributed by atoms with van der Waals surface area (Å²) in [6, 6.07) is 18.5. The number of rotatable bonds is 3. The zero-order valence-corrected chi connectivity index (χ0v) is 14.7. The van der Waals surface area contributed by atoms with E-state index in [2.05, 4.69) is 4.98 Å². The van der Waals surface area contributed by atoms with Crippen molar-refractivity contribution < 1.29 is 4.79 Å². The van der Waals surface area contributed by atoms with Gasteiger partial charge in [0.1, 0.15) is 0 Å². The summed E-state index contributed by atoms with van der Waals surface area (Å²) in [5.74, 6) is -0.0858. The summed E-state index contributed by atoms with van der Waals surface area (Å²) in [7, 11) is 0. The Morgan fingerprint density at radius 1 is 0.960 bits per heavy atom. The minimum atomic E-state index is -1.07. The standard InChI is InChI=1S/C20H14Cl2N2O/c21-16-7-5-15(6-8-16)20(22)18-4-2-1-3-17(18)19(25)24(20)13-14-9-11-23-12-10-14/h1-12H,13H2. The van der Waals surface area contributed by atoms with Crippen LogP contribution in [0.5, 0.6) is 0 Å². The molecule has 3 aromatic rings. The summed E-state index contributed by atoms with van der Waals surface area (Å²) in [5, 5.41) is 0.627. The van der Waals surface area contributed by atoms with Crippen LogP contribution >= 0.6 is 23.2 Å². The van der Waals surface area contributed by atoms with E-state index in [1.54, 1.807) is 29.4 Å². The summed E-state index contributed by atoms with van der Waals surface area (Å²) in [4.78, 5) is 17.7. The van der Waals surface area contributed by atoms with Gasteiger partial charge >= 0.3 is 0 Å². The van der Waals surface area contributed by atoms with Gasteiger partial charge in [0.2, 0.25) is 0 Å². The van der Waals surface area contributed by atoms with Gasteiger partial charge in [-0.25, -0.2) is 0 Å². The first-order valence-electron chi connectivity index (χ1n) is 7.86. The van der Waals surface area contributed by atoms with E-state index in [1.165, 1.54) is 0 Å². The maximum Gasteiger partial charge on any atom is 0.256 e. The van der Waals surface area contributed by atoms with Gasteiger partial charge < -0.3 is 4.90 Å². The van der Waals surface area contributed by atoms with Crippen molar-refractivity contribution >= 4 is 29.1 Å². The Hall–Kier alpha value is -2.36. The van der Waals surface area contributed by atoms with Crippen LogP contribution in [0.15, 0.2) is 73.1 Å². The first-order valence-corrected chi connectivity index (χ1v) is 8.61. The molecule has 4 rings (SSSR count). The van der Waals surface area contributed by atoms with Crippen molar-refractivity contribution in [1.29, 1.82) is 0 Å². The number of aromatic nitrogens is 1. The molecule has 3 nitrogen and oxygen atoms in total. The third-order valence-corrected chi connectivity index (χ3v) is 5.33. The Labute approximate surface area is 155 Å². The van der Waals surface area contributed by atoms with Crippen molar-refractivity contribution in [3.05, 3.63) is 100 Å². The van der Waals surface area contributed by atoms with E-state index in [-0.39, 0.29) is 5.91 Å². The summed E-state index contributed by atoms with van der Waals surface area (Å²) in [6.07, 6.45) is 3.42. The minimum absolute atomic E-state index is 0.0858. The molecule has 1 amide bonds. The molecule has 0 fully saturated rings. The molecule has 0 saturated heterocycles. The van der Waals surface area contributed by atoms with E-state index >= 15 is 0 Å². The topological polar surface area (TPSA) is 33.2 Å². The molecule has 1 atom stereocenters. The van der Waals surface area contributed by atoms with E-state index < -0.39 is 5.00 Å². The summed E-state index contributed by atoms with van der Waals surface area (Å²) in [6.45, 7) is 0.391. The molecule has 1 aliphatic heterocycles. The van der Waals surface area contributed by atoms with Crippen molar-refractivity contribution in [3.63, 3.8) is 0 Å². The van der Waals surface area contributed by atoms with Crippen molar-refractivity contribution in [2.75, 3.05) is 0 Å². The Bertz CT molecular complexity index is 928. The lowest BCUT2D eigenvalue weighted by atomic mass is 9.97. The van der Waals surface area contributed by atoms with Crippen LogP contribution in [-0.2, 0) is 11.5 Å². The number of hydrogen-bond acceptors (Lipinski definition) is 2. The van der Waals surface area contributed by atoms with Crippen molar-refractivity contribution in [3.8, 4) is 0 Å². The first kappa shape index (κ1) is 16.1. The Morgan fingerprint density at radius 3 is 2.36 bits per heavy atom. The Balaban J connectivity index is 1.87. The zero-order chi connectivity index (χ0) is 17.4. The average Bonchev–Trinajstić information content (AvgIpc) is 2.86. The highest BCUT2D eigenvalue weighted by molar-refractivity contribution is 6.31. The molecule has 124 valence electrons. The van der Waals surface area contributed by atoms with E-state index in [0.29, 0.717) is 17.1 Å². The molecule has 25 heavy (non-hydrogen) atoms. The second kappa shape index (κ2) is 6.17. The Kier molecular flexibility index (Phi) is 3.98. The number of amides is 1. The number of carbonyl (C=O) groups excluding carboxylic acids is 1. The predicted molar refractivity (Wildman–Crippen MR) is 98.6 cm³/mol. The number of hydrogen-bond donors (Lipinski definition) is 0. The highest BCUT2D eigenvalue weighted by Gasteiger charge is 2.49. The number of pyridine rings is 1. The molecule has 5 heteroatoms. The first-order chi connectivity index (χ1) is 12.1. The number of benzene rings is 2. The molecular formula is C20H14Cl2N2O. The molecule has 0 aliphatic carbocycles. The minimum Gasteiger partial charge on any atom is -0.307 e. The monoisotopic (exact) mass is 368 g/mol. The Morgan fingerprint density at radius 2 is 1.64 bits per heavy atom. The fourth-order valence-electron chi connectivity index (χ4n) is 3.22. The summed E-state index contributed by atoms with van der Waals surface area (Å²) in [5.41, 5.74) is 3.20. The van der Waals surface area contributed by atoms with Crippen LogP contribution in [0.2, 0.25) is 5.02 Å². The van der Waals surface area contributed by atoms with Crippen LogP contribution in [0.25, 0.3) is 0 Å². The van der Waals surface area contributed by atoms with Crippen LogP contribution in [0, 0.1) is 0 Å². The maximum atomic E-state index is 13.1. The molecule has 0 N–H and O–H groups in total. The van der Waals surface area contributed by atoms with Crippen LogP contribution < -0.4 is 0 Å². The highest BCUT2D eigenvalue weighted by atomic mass is 35.5. The van der Waals surface area contributed by atoms with Gasteiger partial charge in [0, 0.05) is 35.1 Å². The van der Waals surface area contributed by atoms with Crippen LogP contribution in [0.4, 0.5) is 0 Å². The fourth-order valence-corrected chi connectivity index (χ4v) is 3.78. The van der Waals surface area contributed by atoms with Gasteiger partial charge in [-0.15, -0.1) is 0 Å². The van der Waals surface area contributed by atoms with Crippen molar-refractivity contribution in [2.45, 2.75) is 11.5 Å². The third-order valence-electron chi connectivity index (χ3n) is 4.45. The van der Waals surface area contributed by atoms with Gasteiger partial charge in [-0.3, -0.25) is 9.78 Å². The predicted octanol–water partition coefficient (Wildman–Crippen LogP) is 4.83. The normalized spacial score (nSPS) is 19.1. The second-order valence-electron chi connectivity index (χ2n) is 5.92. The van der Waals surface area contributed by atoms with Crippen LogP contribution in [0.1, 0.15) is 27.0 Å². The van der Waals surface area contributed by atoms with Gasteiger partial charge in [-0.1, -0.05) is 53.5 Å². The fraction of sp³-hybridized carbons (Fsp3) is 0.100. The number of nitrogens with zero attached hydrogens (tertiary/aromatic N) is 2. The molecule has 0 spiro atoms. The van der Waals surface area contributed by atoms with Gasteiger partial charge in [-0.2, -0.15) is 0 Å². The molecule has 1 unspecified atom stereocenters. The van der Waals surface area contributed by atoms with E-state index in [9.17, 15) is 4.79 Å². The lowest BCUT2D eigenvalue weighted by Crippen LogP contribution is -2.39. The van der Waals surface area contributed by atoms with Crippen molar-refractivity contribution in [1.82, 2.24) is 9.88 Å². The zero-order valence-electron chi connectivity index (χ0n) is 13.2. The number of halogens is 2. The van der Waals surface area contributed by atoms with Gasteiger partial charge in [-0.05, 0) is 41.5 Å². The van der Waals surface area contributed by atoms with Gasteiger partial charge in [0.25, 0.3) is 5.91 Å². The van der Waals surface area contributed by atoms with Crippen LogP contribution in [0.3, 0.4) is 0 Å². The molecule has 0 saturated carbocycles. The number of alkyl halides is 1. The van der Waals surface area contributed by atoms with Gasteiger partial charge in [0.05, 0.1) is 0 Å². The number of fused-ring (bicyclic) bond motifs is 1. The molecule has 1 aromatic heterocycles. The largest absolute Gasteiger partial charge is 0.307 e. The smallest absolute Gasteiger partial charge is 0.256 e. The van der Waals surface area contributed by atoms with Crippen molar-refractivity contribution in [2.24, 2.45) is 0 Å². The molecule has 2 aromatic carbocycles. The quantitative estimate of drug-likeness (QED) is 0.489.